The number of rotatable bonds is 26. The maximum absolute atomic E-state index is 15.0. The van der Waals surface area contributed by atoms with Crippen molar-refractivity contribution >= 4 is 25.6 Å². The number of benzene rings is 7. The molecule has 434 valence electrons. The second kappa shape index (κ2) is 29.8. The van der Waals surface area contributed by atoms with Crippen molar-refractivity contribution in [3.8, 4) is 0 Å². The van der Waals surface area contributed by atoms with Gasteiger partial charge < -0.3 is 47.4 Å². The van der Waals surface area contributed by atoms with Crippen LogP contribution in [0, 0.1) is 0 Å². The summed E-state index contributed by atoms with van der Waals surface area (Å²) in [6, 6.07) is 63.2. The van der Waals surface area contributed by atoms with Crippen LogP contribution in [0.1, 0.15) is 53.3 Å². The normalized spacial score (nSPS) is 22.6. The Morgan fingerprint density at radius 1 is 0.373 bits per heavy atom. The van der Waals surface area contributed by atoms with E-state index in [1.165, 1.54) is 21.5 Å². The van der Waals surface area contributed by atoms with Crippen LogP contribution in [0.4, 0.5) is 0 Å². The van der Waals surface area contributed by atoms with E-state index in [1.54, 1.807) is 107 Å². The SMILES string of the molecule is CN(C)P(=O)(O[C@H]1O[C@H](CO[C@@H]2O[C@H](COCc3ccccc3)[C@@H](OCc3ccccc3)[C@H](OCc3ccccc3)[C@H]2OCc2ccccc2)[C@@H](OC(=O)c2ccccc2)[C@H](OC(=O)c2ccccc2)[C@H]1OC(=O)c1ccccc1)N(C)C. The summed E-state index contributed by atoms with van der Waals surface area (Å²) in [4.78, 5) is 43.3. The summed E-state index contributed by atoms with van der Waals surface area (Å²) in [6.45, 7) is 0.159. The molecule has 2 aliphatic heterocycles. The number of carbonyl (C=O) groups excluding carboxylic acids is 3. The molecule has 0 bridgehead atoms. The van der Waals surface area contributed by atoms with E-state index in [-0.39, 0.29) is 49.7 Å². The van der Waals surface area contributed by atoms with Gasteiger partial charge in [0.05, 0.1) is 56.3 Å². The van der Waals surface area contributed by atoms with Crippen LogP contribution in [0.25, 0.3) is 0 Å². The van der Waals surface area contributed by atoms with Gasteiger partial charge in [0.2, 0.25) is 6.29 Å². The number of nitrogens with zero attached hydrogens (tertiary/aromatic N) is 2. The maximum Gasteiger partial charge on any atom is 0.347 e. The van der Waals surface area contributed by atoms with Crippen molar-refractivity contribution in [2.24, 2.45) is 0 Å². The highest BCUT2D eigenvalue weighted by Gasteiger charge is 2.57. The van der Waals surface area contributed by atoms with Gasteiger partial charge in [0, 0.05) is 0 Å². The van der Waals surface area contributed by atoms with E-state index < -0.39 is 93.6 Å². The Morgan fingerprint density at radius 3 is 1.13 bits per heavy atom. The molecule has 0 aromatic heterocycles. The van der Waals surface area contributed by atoms with Crippen molar-refractivity contribution in [3.05, 3.63) is 251 Å². The lowest BCUT2D eigenvalue weighted by atomic mass is 9.96. The minimum atomic E-state index is -4.07. The van der Waals surface area contributed by atoms with Crippen molar-refractivity contribution in [1.82, 2.24) is 9.34 Å². The highest BCUT2D eigenvalue weighted by Crippen LogP contribution is 2.53. The van der Waals surface area contributed by atoms with E-state index in [4.69, 9.17) is 51.9 Å². The largest absolute Gasteiger partial charge is 0.452 e. The molecule has 0 N–H and O–H groups in total. The van der Waals surface area contributed by atoms with Gasteiger partial charge in [0.1, 0.15) is 30.5 Å². The average Bonchev–Trinajstić information content (AvgIpc) is 3.46. The molecule has 2 fully saturated rings. The van der Waals surface area contributed by atoms with Crippen LogP contribution >= 0.6 is 7.67 Å². The lowest BCUT2D eigenvalue weighted by Crippen LogP contribution is -2.64. The van der Waals surface area contributed by atoms with Crippen molar-refractivity contribution in [1.29, 1.82) is 0 Å². The van der Waals surface area contributed by atoms with Crippen LogP contribution in [-0.2, 0) is 82.9 Å². The highest BCUT2D eigenvalue weighted by molar-refractivity contribution is 7.53. The summed E-state index contributed by atoms with van der Waals surface area (Å²) in [5.41, 5.74) is 3.96. The molecule has 2 aliphatic rings. The molecule has 0 saturated carbocycles. The Kier molecular flexibility index (Phi) is 21.7. The first-order chi connectivity index (χ1) is 40.4. The van der Waals surface area contributed by atoms with Gasteiger partial charge in [-0.1, -0.05) is 176 Å². The number of carbonyl (C=O) groups is 3. The molecule has 0 aliphatic carbocycles. The van der Waals surface area contributed by atoms with Crippen LogP contribution in [0.3, 0.4) is 0 Å². The molecule has 2 heterocycles. The summed E-state index contributed by atoms with van der Waals surface area (Å²) in [5, 5.41) is 0. The average molecular weight is 1150 g/mol. The molecule has 7 aromatic rings. The predicted molar refractivity (Wildman–Crippen MR) is 307 cm³/mol. The quantitative estimate of drug-likeness (QED) is 0.0284. The second-order valence-corrected chi connectivity index (χ2v) is 23.0. The van der Waals surface area contributed by atoms with E-state index in [1.807, 2.05) is 121 Å². The van der Waals surface area contributed by atoms with E-state index in [2.05, 4.69) is 0 Å². The molecule has 0 radical (unpaired) electrons. The van der Waals surface area contributed by atoms with Gasteiger partial charge in [-0.05, 0) is 86.8 Å². The fourth-order valence-electron chi connectivity index (χ4n) is 9.55. The first-order valence-electron chi connectivity index (χ1n) is 27.4. The van der Waals surface area contributed by atoms with E-state index >= 15 is 4.57 Å². The van der Waals surface area contributed by atoms with Gasteiger partial charge in [-0.2, -0.15) is 0 Å². The van der Waals surface area contributed by atoms with E-state index in [0.717, 1.165) is 22.3 Å². The van der Waals surface area contributed by atoms with Gasteiger partial charge in [-0.15, -0.1) is 0 Å². The smallest absolute Gasteiger partial charge is 0.347 e. The van der Waals surface area contributed by atoms with Gasteiger partial charge in [0.25, 0.3) is 0 Å². The molecule has 0 unspecified atom stereocenters. The van der Waals surface area contributed by atoms with Gasteiger partial charge in [0.15, 0.2) is 24.6 Å². The minimum absolute atomic E-state index is 0.00823. The van der Waals surface area contributed by atoms with Crippen LogP contribution in [0.15, 0.2) is 212 Å². The van der Waals surface area contributed by atoms with Gasteiger partial charge in [-0.3, -0.25) is 9.09 Å². The van der Waals surface area contributed by atoms with Crippen LogP contribution in [0.2, 0.25) is 0 Å². The number of hydrogen-bond donors (Lipinski definition) is 0. The van der Waals surface area contributed by atoms with Crippen molar-refractivity contribution < 1.29 is 70.8 Å². The predicted octanol–water partition coefficient (Wildman–Crippen LogP) is 10.4. The minimum Gasteiger partial charge on any atom is -0.452 e. The zero-order valence-electron chi connectivity index (χ0n) is 46.7. The Bertz CT molecular complexity index is 3120. The summed E-state index contributed by atoms with van der Waals surface area (Å²) in [6.07, 6.45) is -13.3. The fraction of sp³-hybridized carbons (Fsp3) is 0.308. The zero-order valence-corrected chi connectivity index (χ0v) is 47.6. The Hall–Kier alpha value is -7.22. The molecular formula is C65H69N2O15P. The summed E-state index contributed by atoms with van der Waals surface area (Å²) in [5.74, 6) is -2.59. The van der Waals surface area contributed by atoms with Gasteiger partial charge >= 0.3 is 25.6 Å². The number of hydrogen-bond acceptors (Lipinski definition) is 15. The molecule has 83 heavy (non-hydrogen) atoms. The third-order valence-corrected chi connectivity index (χ3v) is 16.4. The topological polar surface area (TPSA) is 176 Å². The van der Waals surface area contributed by atoms with Crippen LogP contribution < -0.4 is 0 Å². The molecule has 2 saturated heterocycles. The fourth-order valence-corrected chi connectivity index (χ4v) is 11.1. The van der Waals surface area contributed by atoms with Crippen LogP contribution in [-0.4, -0.2) is 130 Å². The molecule has 17 nitrogen and oxygen atoms in total. The number of ether oxygens (including phenoxy) is 10. The monoisotopic (exact) mass is 1150 g/mol. The van der Waals surface area contributed by atoms with Crippen molar-refractivity contribution in [2.75, 3.05) is 41.4 Å². The lowest BCUT2D eigenvalue weighted by molar-refractivity contribution is -0.340. The third kappa shape index (κ3) is 16.3. The molecule has 7 aromatic carbocycles. The molecule has 0 amide bonds. The first-order valence-corrected chi connectivity index (χ1v) is 28.9. The maximum atomic E-state index is 15.0. The Morgan fingerprint density at radius 2 is 0.711 bits per heavy atom. The molecule has 10 atom stereocenters. The highest BCUT2D eigenvalue weighted by atomic mass is 31.2. The molecule has 9 rings (SSSR count). The summed E-state index contributed by atoms with van der Waals surface area (Å²) < 4.78 is 91.5. The first kappa shape index (κ1) is 60.4. The summed E-state index contributed by atoms with van der Waals surface area (Å²) >= 11 is 0. The Balaban J connectivity index is 1.14. The van der Waals surface area contributed by atoms with Crippen molar-refractivity contribution in [2.45, 2.75) is 87.8 Å². The van der Waals surface area contributed by atoms with E-state index in [9.17, 15) is 14.4 Å². The zero-order chi connectivity index (χ0) is 58.0. The van der Waals surface area contributed by atoms with Crippen LogP contribution in [0.5, 0.6) is 0 Å². The second-order valence-electron chi connectivity index (χ2n) is 20.2. The van der Waals surface area contributed by atoms with Gasteiger partial charge in [-0.25, -0.2) is 23.7 Å². The molecular weight excluding hydrogens is 1080 g/mol. The standard InChI is InChI=1S/C65H69N2O15P/c1-66(2)83(71,67(3)4)82-65-60(81-63(70)52-38-24-11-25-39-52)58(80-62(69)51-36-22-10-23-37-51)56(79-61(68)50-34-20-9-21-35-50)54(78-65)45-76-64-59(75-43-49-32-18-8-19-33-49)57(74-42-48-30-16-7-17-31-48)55(73-41-47-28-14-6-15-29-47)53(77-64)44-72-40-46-26-12-5-13-27-46/h5-39,53-60,64-65H,40-45H2,1-4H3/t53-,54-,55-,56-,57+,58+,59-,60-,64-,65-/m1/s1. The van der Waals surface area contributed by atoms with E-state index in [0.29, 0.717) is 0 Å². The molecule has 18 heteroatoms. The molecule has 0 spiro atoms. The number of esters is 3. The third-order valence-electron chi connectivity index (χ3n) is 13.9. The van der Waals surface area contributed by atoms with Crippen molar-refractivity contribution in [3.63, 3.8) is 0 Å². The summed E-state index contributed by atoms with van der Waals surface area (Å²) in [7, 11) is 2.14. The Labute approximate surface area is 484 Å². The lowest BCUT2D eigenvalue weighted by Gasteiger charge is -2.48.